The first kappa shape index (κ1) is 26.2. The van der Waals surface area contributed by atoms with Crippen molar-refractivity contribution in [1.29, 1.82) is 0 Å². The molecule has 0 spiro atoms. The van der Waals surface area contributed by atoms with Gasteiger partial charge in [-0.3, -0.25) is 4.28 Å². The maximum atomic E-state index is 10.7. The van der Waals surface area contributed by atoms with Gasteiger partial charge >= 0.3 is 51.4 Å². The van der Waals surface area contributed by atoms with Crippen molar-refractivity contribution in [2.24, 2.45) is 5.16 Å². The molecule has 5 atom stereocenters. The van der Waals surface area contributed by atoms with Crippen molar-refractivity contribution in [3.8, 4) is 5.75 Å². The fourth-order valence-corrected chi connectivity index (χ4v) is 3.60. The number of benzene rings is 1. The summed E-state index contributed by atoms with van der Waals surface area (Å²) in [6.45, 7) is -0.641. The number of ether oxygens (including phenoxy) is 1. The Balaban J connectivity index is 0.00000392. The van der Waals surface area contributed by atoms with Crippen LogP contribution in [-0.4, -0.2) is 80.0 Å². The molecule has 152 valence electrons. The largest absolute Gasteiger partial charge is 1.00 e. The Morgan fingerprint density at radius 3 is 2.32 bits per heavy atom. The fourth-order valence-electron chi connectivity index (χ4n) is 2.27. The minimum atomic E-state index is -5.13. The summed E-state index contributed by atoms with van der Waals surface area (Å²) in [5, 5.41) is 51.3. The van der Waals surface area contributed by atoms with Crippen molar-refractivity contribution >= 4 is 27.2 Å². The van der Waals surface area contributed by atoms with Gasteiger partial charge in [-0.15, -0.1) is 0 Å². The number of phenolic OH excluding ortho intramolecular Hbond substituents is 1. The normalized spacial score (nSPS) is 28.5. The number of oxime groups is 1. The van der Waals surface area contributed by atoms with Gasteiger partial charge in [0, 0.05) is 6.42 Å². The molecule has 1 aliphatic rings. The van der Waals surface area contributed by atoms with Gasteiger partial charge in [0.15, 0.2) is 0 Å². The summed E-state index contributed by atoms with van der Waals surface area (Å²) in [4.78, 5) is 0. The second-order valence-corrected chi connectivity index (χ2v) is 7.76. The third-order valence-corrected chi connectivity index (χ3v) is 4.99. The molecule has 0 saturated carbocycles. The molecule has 1 saturated heterocycles. The van der Waals surface area contributed by atoms with Gasteiger partial charge in [0.2, 0.25) is 0 Å². The number of nitrogens with zero attached hydrogens (tertiary/aromatic N) is 1. The van der Waals surface area contributed by atoms with Crippen molar-refractivity contribution in [3.63, 3.8) is 0 Å². The van der Waals surface area contributed by atoms with E-state index in [1.165, 1.54) is 24.3 Å². The van der Waals surface area contributed by atoms with Gasteiger partial charge in [-0.05, 0) is 17.7 Å². The Labute approximate surface area is 207 Å². The fraction of sp³-hybridized carbons (Fsp3) is 0.500. The molecule has 0 aliphatic carbocycles. The second kappa shape index (κ2) is 11.5. The van der Waals surface area contributed by atoms with Crippen molar-refractivity contribution in [3.05, 3.63) is 29.8 Å². The third kappa shape index (κ3) is 7.79. The summed E-state index contributed by atoms with van der Waals surface area (Å²) in [6.07, 6.45) is -6.01. The number of aliphatic hydroxyl groups is 4. The Morgan fingerprint density at radius 1 is 1.18 bits per heavy atom. The molecule has 1 aromatic rings. The third-order valence-electron chi connectivity index (χ3n) is 3.62. The minimum absolute atomic E-state index is 0. The van der Waals surface area contributed by atoms with Gasteiger partial charge in [-0.2, -0.15) is 8.42 Å². The molecule has 11 nitrogen and oxygen atoms in total. The predicted molar refractivity (Wildman–Crippen MR) is 91.4 cm³/mol. The van der Waals surface area contributed by atoms with Crippen molar-refractivity contribution in [2.45, 2.75) is 36.3 Å². The van der Waals surface area contributed by atoms with Crippen LogP contribution in [0.25, 0.3) is 0 Å². The Morgan fingerprint density at radius 2 is 1.79 bits per heavy atom. The molecule has 5 N–H and O–H groups in total. The number of rotatable bonds is 6. The average molecular weight is 464 g/mol. The van der Waals surface area contributed by atoms with Gasteiger partial charge in [0.1, 0.15) is 40.6 Å². The van der Waals surface area contributed by atoms with Crippen LogP contribution in [-0.2, 0) is 25.8 Å². The van der Waals surface area contributed by atoms with E-state index in [2.05, 4.69) is 9.44 Å². The number of thioether (sulfide) groups is 1. The molecule has 5 unspecified atom stereocenters. The summed E-state index contributed by atoms with van der Waals surface area (Å²) in [7, 11) is -5.13. The minimum Gasteiger partial charge on any atom is -0.714 e. The first-order valence-corrected chi connectivity index (χ1v) is 9.78. The van der Waals surface area contributed by atoms with E-state index in [4.69, 9.17) is 4.74 Å². The Bertz CT molecular complexity index is 758. The van der Waals surface area contributed by atoms with Gasteiger partial charge < -0.3 is 34.8 Å². The first-order valence-electron chi connectivity index (χ1n) is 7.57. The smallest absolute Gasteiger partial charge is 0.714 e. The number of aromatic hydroxyl groups is 1. The van der Waals surface area contributed by atoms with Crippen LogP contribution in [0.15, 0.2) is 29.4 Å². The van der Waals surface area contributed by atoms with Crippen molar-refractivity contribution in [2.75, 3.05) is 6.61 Å². The van der Waals surface area contributed by atoms with E-state index in [1.54, 1.807) is 0 Å². The molecule has 1 aliphatic heterocycles. The summed E-state index contributed by atoms with van der Waals surface area (Å²) in [6, 6.07) is 5.75. The number of phenols is 1. The van der Waals surface area contributed by atoms with E-state index in [-0.39, 0.29) is 68.6 Å². The van der Waals surface area contributed by atoms with Crippen LogP contribution in [0.4, 0.5) is 0 Å². The van der Waals surface area contributed by atoms with E-state index in [9.17, 15) is 38.5 Å². The molecule has 0 aromatic heterocycles. The topological polar surface area (TPSA) is 189 Å². The quantitative estimate of drug-likeness (QED) is 0.0680. The summed E-state index contributed by atoms with van der Waals surface area (Å²) >= 11 is 0.643. The monoisotopic (exact) mass is 463 g/mol. The van der Waals surface area contributed by atoms with Crippen LogP contribution in [0.3, 0.4) is 0 Å². The Hall–Kier alpha value is 0.186. The summed E-state index contributed by atoms with van der Waals surface area (Å²) in [5.74, 6) is -0.00258. The average Bonchev–Trinajstić information content (AvgIpc) is 2.61. The van der Waals surface area contributed by atoms with E-state index >= 15 is 0 Å². The van der Waals surface area contributed by atoms with Crippen LogP contribution in [0.5, 0.6) is 5.75 Å². The second-order valence-electron chi connectivity index (χ2n) is 5.63. The summed E-state index contributed by atoms with van der Waals surface area (Å²) in [5.41, 5.74) is -0.690. The molecule has 1 heterocycles. The predicted octanol–water partition coefficient (Wildman–Crippen LogP) is -4.74. The van der Waals surface area contributed by atoms with Crippen LogP contribution >= 0.6 is 11.8 Å². The van der Waals surface area contributed by atoms with Crippen molar-refractivity contribution in [1.82, 2.24) is 0 Å². The van der Waals surface area contributed by atoms with Crippen molar-refractivity contribution < 1.29 is 98.9 Å². The maximum Gasteiger partial charge on any atom is 1.00 e. The standard InChI is InChI=1S/C14H19NO10S2.K/c16-6-9-11(18)12(19)13(20)14(24-9)26-10(15-25-27(21,22)23)5-7-1-3-8(17)4-2-7;/h1-4,9,11-14,16-20H,5-6H2,(H,21,22,23);/q;+1/p-1/b15-10-;. The van der Waals surface area contributed by atoms with E-state index < -0.39 is 46.9 Å². The zero-order valence-electron chi connectivity index (χ0n) is 14.7. The molecule has 0 bridgehead atoms. The summed E-state index contributed by atoms with van der Waals surface area (Å²) < 4.78 is 41.2. The molecule has 1 fully saturated rings. The van der Waals surface area contributed by atoms with Crippen LogP contribution in [0.2, 0.25) is 0 Å². The van der Waals surface area contributed by atoms with Crippen LogP contribution < -0.4 is 51.4 Å². The van der Waals surface area contributed by atoms with Crippen LogP contribution in [0.1, 0.15) is 5.56 Å². The zero-order valence-corrected chi connectivity index (χ0v) is 19.4. The molecule has 1 aromatic carbocycles. The number of hydrogen-bond donors (Lipinski definition) is 5. The van der Waals surface area contributed by atoms with Gasteiger partial charge in [0.05, 0.1) is 6.61 Å². The van der Waals surface area contributed by atoms with E-state index in [0.717, 1.165) is 0 Å². The van der Waals surface area contributed by atoms with Gasteiger partial charge in [0.25, 0.3) is 10.4 Å². The molecule has 2 rings (SSSR count). The van der Waals surface area contributed by atoms with E-state index in [0.29, 0.717) is 17.3 Å². The first-order chi connectivity index (χ1) is 12.6. The molecular formula is C14H18KNO10S2. The molecule has 28 heavy (non-hydrogen) atoms. The Kier molecular flexibility index (Phi) is 10.8. The molecule has 0 radical (unpaired) electrons. The molecular weight excluding hydrogens is 445 g/mol. The maximum absolute atomic E-state index is 10.7. The molecule has 0 amide bonds. The van der Waals surface area contributed by atoms with E-state index in [1.807, 2.05) is 0 Å². The van der Waals surface area contributed by atoms with Gasteiger partial charge in [-0.1, -0.05) is 29.1 Å². The van der Waals surface area contributed by atoms with Crippen LogP contribution in [0, 0.1) is 0 Å². The number of hydrogen-bond acceptors (Lipinski definition) is 12. The number of aliphatic hydroxyl groups excluding tert-OH is 4. The van der Waals surface area contributed by atoms with Gasteiger partial charge in [-0.25, -0.2) is 0 Å². The molecule has 14 heteroatoms. The SMILES string of the molecule is O=S(=O)([O-])O/N=C(/Cc1ccc(O)cc1)SC1OC(CO)C(O)C(O)C1O.[K+]. The zero-order chi connectivity index (χ0) is 20.2.